The van der Waals surface area contributed by atoms with Gasteiger partial charge < -0.3 is 20.3 Å². The summed E-state index contributed by atoms with van der Waals surface area (Å²) in [5.41, 5.74) is 6.95. The summed E-state index contributed by atoms with van der Waals surface area (Å²) in [6.07, 6.45) is 5.60. The molecule has 5 rings (SSSR count). The molecule has 1 aromatic carbocycles. The van der Waals surface area contributed by atoms with Gasteiger partial charge in [0.25, 0.3) is 5.91 Å². The Morgan fingerprint density at radius 2 is 1.88 bits per heavy atom. The van der Waals surface area contributed by atoms with Gasteiger partial charge in [-0.3, -0.25) is 9.78 Å². The maximum Gasteiger partial charge on any atom is 0.254 e. The number of nitrogens with zero attached hydrogens (tertiary/aromatic N) is 3. The first-order chi connectivity index (χ1) is 16.1. The van der Waals surface area contributed by atoms with E-state index in [2.05, 4.69) is 46.7 Å². The smallest absolute Gasteiger partial charge is 0.254 e. The molecule has 1 fully saturated rings. The third-order valence-corrected chi connectivity index (χ3v) is 6.36. The number of nitrogens with one attached hydrogen (secondary N) is 2. The van der Waals surface area contributed by atoms with Crippen LogP contribution in [-0.4, -0.2) is 48.1 Å². The summed E-state index contributed by atoms with van der Waals surface area (Å²) in [5.74, 6) is 1.17. The van der Waals surface area contributed by atoms with Crippen LogP contribution in [0.25, 0.3) is 11.1 Å². The molecule has 0 unspecified atom stereocenters. The maximum absolute atomic E-state index is 12.7. The minimum atomic E-state index is -0.0595. The van der Waals surface area contributed by atoms with Gasteiger partial charge in [-0.25, -0.2) is 4.98 Å². The van der Waals surface area contributed by atoms with Crippen molar-refractivity contribution in [2.24, 2.45) is 0 Å². The molecule has 2 N–H and O–H groups in total. The fraction of sp³-hybridized carbons (Fsp3) is 0.346. The van der Waals surface area contributed by atoms with Crippen molar-refractivity contribution in [2.45, 2.75) is 31.8 Å². The third kappa shape index (κ3) is 4.47. The van der Waals surface area contributed by atoms with Crippen molar-refractivity contribution in [3.63, 3.8) is 0 Å². The topological polar surface area (TPSA) is 79.4 Å². The van der Waals surface area contributed by atoms with E-state index < -0.39 is 0 Å². The minimum Gasteiger partial charge on any atom is -0.381 e. The Balaban J connectivity index is 1.49. The van der Waals surface area contributed by atoms with Gasteiger partial charge >= 0.3 is 0 Å². The van der Waals surface area contributed by atoms with E-state index in [-0.39, 0.29) is 5.91 Å². The maximum atomic E-state index is 12.7. The van der Waals surface area contributed by atoms with Crippen LogP contribution in [0.1, 0.15) is 45.9 Å². The number of anilines is 2. The van der Waals surface area contributed by atoms with E-state index in [4.69, 9.17) is 9.72 Å². The molecule has 1 saturated heterocycles. The highest BCUT2D eigenvalue weighted by Gasteiger charge is 2.26. The van der Waals surface area contributed by atoms with Crippen molar-refractivity contribution in [2.75, 3.05) is 32.6 Å². The van der Waals surface area contributed by atoms with Gasteiger partial charge in [0.2, 0.25) is 0 Å². The molecule has 2 aliphatic rings. The summed E-state index contributed by atoms with van der Waals surface area (Å²) in [6.45, 7) is 2.89. The number of carbonyl (C=O) groups excluding carboxylic acids is 1. The summed E-state index contributed by atoms with van der Waals surface area (Å²) >= 11 is 0. The molecule has 2 aliphatic heterocycles. The fourth-order valence-electron chi connectivity index (χ4n) is 4.78. The first-order valence-corrected chi connectivity index (χ1v) is 11.4. The van der Waals surface area contributed by atoms with Crippen LogP contribution in [0.2, 0.25) is 0 Å². The Morgan fingerprint density at radius 1 is 1.09 bits per heavy atom. The van der Waals surface area contributed by atoms with Crippen molar-refractivity contribution in [1.29, 1.82) is 0 Å². The number of ether oxygens (including phenoxy) is 1. The Bertz CT molecular complexity index is 1160. The summed E-state index contributed by atoms with van der Waals surface area (Å²) in [6, 6.07) is 12.2. The zero-order chi connectivity index (χ0) is 22.8. The largest absolute Gasteiger partial charge is 0.381 e. The zero-order valence-corrected chi connectivity index (χ0v) is 19.1. The normalized spacial score (nSPS) is 16.0. The van der Waals surface area contributed by atoms with E-state index in [9.17, 15) is 4.79 Å². The molecule has 0 saturated carbocycles. The Labute approximate surface area is 194 Å². The van der Waals surface area contributed by atoms with Crippen molar-refractivity contribution in [3.05, 3.63) is 71.2 Å². The van der Waals surface area contributed by atoms with Crippen LogP contribution in [0.4, 0.5) is 11.5 Å². The van der Waals surface area contributed by atoms with Gasteiger partial charge in [-0.1, -0.05) is 12.1 Å². The number of hydrogen-bond acceptors (Lipinski definition) is 6. The van der Waals surface area contributed by atoms with E-state index >= 15 is 0 Å². The zero-order valence-electron chi connectivity index (χ0n) is 19.1. The number of rotatable bonds is 6. The number of fused-ring (bicyclic) bond motifs is 1. The van der Waals surface area contributed by atoms with E-state index in [0.717, 1.165) is 66.5 Å². The number of hydrogen-bond donors (Lipinski definition) is 2. The Morgan fingerprint density at radius 3 is 2.64 bits per heavy atom. The lowest BCUT2D eigenvalue weighted by Crippen LogP contribution is -2.19. The highest BCUT2D eigenvalue weighted by molar-refractivity contribution is 6.06. The van der Waals surface area contributed by atoms with Gasteiger partial charge in [-0.2, -0.15) is 0 Å². The second-order valence-electron chi connectivity index (χ2n) is 8.91. The average Bonchev–Trinajstić information content (AvgIpc) is 3.22. The summed E-state index contributed by atoms with van der Waals surface area (Å²) < 4.78 is 5.55. The molecule has 2 aromatic heterocycles. The van der Waals surface area contributed by atoms with Crippen molar-refractivity contribution in [3.8, 4) is 11.1 Å². The second-order valence-corrected chi connectivity index (χ2v) is 8.91. The molecule has 0 spiro atoms. The van der Waals surface area contributed by atoms with E-state index in [1.165, 1.54) is 5.56 Å². The van der Waals surface area contributed by atoms with Gasteiger partial charge in [0, 0.05) is 38.7 Å². The lowest BCUT2D eigenvalue weighted by molar-refractivity contribution is 0.0849. The SMILES string of the molecule is CN(C)Cc1nc(Nc2ccc(-c3ccncc3)c3c2C(=O)NC3)ccc1C1CCOCC1. The van der Waals surface area contributed by atoms with Crippen LogP contribution < -0.4 is 10.6 Å². The highest BCUT2D eigenvalue weighted by Crippen LogP contribution is 2.36. The number of pyridine rings is 2. The lowest BCUT2D eigenvalue weighted by atomic mass is 9.90. The van der Waals surface area contributed by atoms with Crippen LogP contribution >= 0.6 is 0 Å². The monoisotopic (exact) mass is 443 g/mol. The molecule has 33 heavy (non-hydrogen) atoms. The van der Waals surface area contributed by atoms with Crippen molar-refractivity contribution >= 4 is 17.4 Å². The number of benzene rings is 1. The molecule has 4 heterocycles. The molecule has 7 nitrogen and oxygen atoms in total. The van der Waals surface area contributed by atoms with Gasteiger partial charge in [-0.15, -0.1) is 0 Å². The molecular weight excluding hydrogens is 414 g/mol. The van der Waals surface area contributed by atoms with Gasteiger partial charge in [0.15, 0.2) is 0 Å². The second kappa shape index (κ2) is 9.29. The summed E-state index contributed by atoms with van der Waals surface area (Å²) in [4.78, 5) is 24.0. The molecule has 0 bridgehead atoms. The Hall–Kier alpha value is -3.29. The third-order valence-electron chi connectivity index (χ3n) is 6.36. The lowest BCUT2D eigenvalue weighted by Gasteiger charge is -2.25. The first-order valence-electron chi connectivity index (χ1n) is 11.4. The van der Waals surface area contributed by atoms with Crippen LogP contribution in [0, 0.1) is 0 Å². The molecule has 7 heteroatoms. The van der Waals surface area contributed by atoms with Crippen LogP contribution in [0.5, 0.6) is 0 Å². The standard InChI is InChI=1S/C26H29N5O2/c1-31(2)16-23-20(18-9-13-33-14-10-18)4-6-24(30-23)29-22-5-3-19(17-7-11-27-12-8-17)21-15-28-26(32)25(21)22/h3-8,11-12,18H,9-10,13-16H2,1-2H3,(H,28,32)(H,29,30). The van der Waals surface area contributed by atoms with E-state index in [1.807, 2.05) is 24.3 Å². The van der Waals surface area contributed by atoms with Crippen LogP contribution in [0.3, 0.4) is 0 Å². The predicted molar refractivity (Wildman–Crippen MR) is 129 cm³/mol. The van der Waals surface area contributed by atoms with Gasteiger partial charge in [0.05, 0.1) is 16.9 Å². The number of carbonyl (C=O) groups is 1. The molecular formula is C26H29N5O2. The molecule has 1 amide bonds. The molecule has 3 aromatic rings. The van der Waals surface area contributed by atoms with Crippen LogP contribution in [-0.2, 0) is 17.8 Å². The summed E-state index contributed by atoms with van der Waals surface area (Å²) in [5, 5.41) is 6.41. The average molecular weight is 444 g/mol. The first kappa shape index (κ1) is 21.6. The number of aromatic nitrogens is 2. The molecule has 0 radical (unpaired) electrons. The van der Waals surface area contributed by atoms with Gasteiger partial charge in [-0.05, 0) is 79.4 Å². The summed E-state index contributed by atoms with van der Waals surface area (Å²) in [7, 11) is 4.12. The molecule has 0 aliphatic carbocycles. The molecule has 170 valence electrons. The fourth-order valence-corrected chi connectivity index (χ4v) is 4.78. The van der Waals surface area contributed by atoms with Crippen molar-refractivity contribution in [1.82, 2.24) is 20.2 Å². The quantitative estimate of drug-likeness (QED) is 0.598. The van der Waals surface area contributed by atoms with Crippen LogP contribution in [0.15, 0.2) is 48.8 Å². The number of amides is 1. The minimum absolute atomic E-state index is 0.0595. The molecule has 0 atom stereocenters. The van der Waals surface area contributed by atoms with E-state index in [1.54, 1.807) is 12.4 Å². The predicted octanol–water partition coefficient (Wildman–Crippen LogP) is 4.09. The highest BCUT2D eigenvalue weighted by atomic mass is 16.5. The van der Waals surface area contributed by atoms with E-state index in [0.29, 0.717) is 18.0 Å². The van der Waals surface area contributed by atoms with Crippen molar-refractivity contribution < 1.29 is 9.53 Å². The van der Waals surface area contributed by atoms with Gasteiger partial charge in [0.1, 0.15) is 5.82 Å². The Kier molecular flexibility index (Phi) is 6.07.